The Labute approximate surface area is 110 Å². The lowest BCUT2D eigenvalue weighted by atomic mass is 10.2. The Balaban J connectivity index is 2.17. The Morgan fingerprint density at radius 3 is 3.00 bits per heavy atom. The second kappa shape index (κ2) is 8.45. The maximum Gasteiger partial charge on any atom is 0.234 e. The molecule has 2 N–H and O–H groups in total. The van der Waals surface area contributed by atoms with E-state index in [-0.39, 0.29) is 18.1 Å². The molecule has 2 unspecified atom stereocenters. The van der Waals surface area contributed by atoms with Crippen LogP contribution in [0.3, 0.4) is 0 Å². The van der Waals surface area contributed by atoms with Crippen molar-refractivity contribution < 1.29 is 9.53 Å². The van der Waals surface area contributed by atoms with Gasteiger partial charge < -0.3 is 15.4 Å². The van der Waals surface area contributed by atoms with Gasteiger partial charge >= 0.3 is 0 Å². The first kappa shape index (κ1) is 15.4. The maximum atomic E-state index is 11.8. The highest BCUT2D eigenvalue weighted by molar-refractivity contribution is 5.78. The molecule has 18 heavy (non-hydrogen) atoms. The number of likely N-dealkylation sites (N-methyl/N-ethyl adjacent to an activating group) is 1. The number of carbonyl (C=O) groups is 1. The smallest absolute Gasteiger partial charge is 0.234 e. The summed E-state index contributed by atoms with van der Waals surface area (Å²) in [4.78, 5) is 13.8. The van der Waals surface area contributed by atoms with E-state index in [0.29, 0.717) is 6.54 Å². The highest BCUT2D eigenvalue weighted by Gasteiger charge is 2.17. The third kappa shape index (κ3) is 6.33. The predicted octanol–water partition coefficient (Wildman–Crippen LogP) is 0.211. The largest absolute Gasteiger partial charge is 0.374 e. The Kier molecular flexibility index (Phi) is 7.23. The SMILES string of the molecule is CCCC(C)NC(=O)CN(C)CC1CNCCO1. The number of amides is 1. The molecule has 1 amide bonds. The number of rotatable bonds is 7. The van der Waals surface area contributed by atoms with E-state index >= 15 is 0 Å². The Bertz CT molecular complexity index is 242. The topological polar surface area (TPSA) is 53.6 Å². The van der Waals surface area contributed by atoms with Crippen LogP contribution in [-0.4, -0.2) is 62.8 Å². The molecule has 2 atom stereocenters. The molecule has 0 aliphatic carbocycles. The highest BCUT2D eigenvalue weighted by atomic mass is 16.5. The van der Waals surface area contributed by atoms with E-state index in [1.54, 1.807) is 0 Å². The lowest BCUT2D eigenvalue weighted by Crippen LogP contribution is -2.47. The number of hydrogen-bond acceptors (Lipinski definition) is 4. The van der Waals surface area contributed by atoms with Gasteiger partial charge in [0.1, 0.15) is 0 Å². The van der Waals surface area contributed by atoms with Crippen molar-refractivity contribution in [3.63, 3.8) is 0 Å². The molecule has 0 radical (unpaired) electrons. The molecule has 5 nitrogen and oxygen atoms in total. The van der Waals surface area contributed by atoms with E-state index in [4.69, 9.17) is 4.74 Å². The summed E-state index contributed by atoms with van der Waals surface area (Å²) in [5.41, 5.74) is 0. The first-order chi connectivity index (χ1) is 8.61. The molecule has 5 heteroatoms. The van der Waals surface area contributed by atoms with E-state index in [1.165, 1.54) is 0 Å². The number of nitrogens with zero attached hydrogens (tertiary/aromatic N) is 1. The quantitative estimate of drug-likeness (QED) is 0.685. The Hall–Kier alpha value is -0.650. The molecule has 1 saturated heterocycles. The third-order valence-corrected chi connectivity index (χ3v) is 3.06. The summed E-state index contributed by atoms with van der Waals surface area (Å²) in [6.45, 7) is 7.97. The summed E-state index contributed by atoms with van der Waals surface area (Å²) in [7, 11) is 1.96. The zero-order valence-electron chi connectivity index (χ0n) is 11.9. The molecule has 0 aromatic heterocycles. The van der Waals surface area contributed by atoms with Crippen LogP contribution in [0.5, 0.6) is 0 Å². The van der Waals surface area contributed by atoms with Crippen LogP contribution in [0.25, 0.3) is 0 Å². The van der Waals surface area contributed by atoms with Gasteiger partial charge in [0.05, 0.1) is 19.3 Å². The summed E-state index contributed by atoms with van der Waals surface area (Å²) in [5.74, 6) is 0.0993. The van der Waals surface area contributed by atoms with Crippen LogP contribution < -0.4 is 10.6 Å². The van der Waals surface area contributed by atoms with Crippen molar-refractivity contribution in [3.8, 4) is 0 Å². The van der Waals surface area contributed by atoms with Gasteiger partial charge in [-0.2, -0.15) is 0 Å². The summed E-state index contributed by atoms with van der Waals surface area (Å²) in [6, 6.07) is 0.267. The first-order valence-corrected chi connectivity index (χ1v) is 6.92. The standard InChI is InChI=1S/C13H27N3O2/c1-4-5-11(2)15-13(17)10-16(3)9-12-8-14-6-7-18-12/h11-12,14H,4-10H2,1-3H3,(H,15,17). The molecule has 1 rings (SSSR count). The fourth-order valence-corrected chi connectivity index (χ4v) is 2.22. The van der Waals surface area contributed by atoms with Gasteiger partial charge in [-0.1, -0.05) is 13.3 Å². The van der Waals surface area contributed by atoms with Gasteiger partial charge in [0.2, 0.25) is 5.91 Å². The minimum atomic E-state index is 0.0993. The van der Waals surface area contributed by atoms with Crippen LogP contribution in [0.1, 0.15) is 26.7 Å². The minimum Gasteiger partial charge on any atom is -0.374 e. The summed E-state index contributed by atoms with van der Waals surface area (Å²) in [5, 5.41) is 6.30. The van der Waals surface area contributed by atoms with Gasteiger partial charge in [-0.25, -0.2) is 0 Å². The molecule has 0 aromatic carbocycles. The first-order valence-electron chi connectivity index (χ1n) is 6.92. The van der Waals surface area contributed by atoms with Crippen molar-refractivity contribution in [2.75, 3.05) is 39.8 Å². The third-order valence-electron chi connectivity index (χ3n) is 3.06. The van der Waals surface area contributed by atoms with Crippen LogP contribution in [0, 0.1) is 0 Å². The minimum absolute atomic E-state index is 0.0993. The number of hydrogen-bond donors (Lipinski definition) is 2. The van der Waals surface area contributed by atoms with Crippen molar-refractivity contribution in [3.05, 3.63) is 0 Å². The van der Waals surface area contributed by atoms with Gasteiger partial charge in [0.15, 0.2) is 0 Å². The molecule has 1 aliphatic heterocycles. The van der Waals surface area contributed by atoms with Crippen molar-refractivity contribution in [1.29, 1.82) is 0 Å². The molecule has 0 spiro atoms. The van der Waals surface area contributed by atoms with Crippen molar-refractivity contribution in [2.24, 2.45) is 0 Å². The van der Waals surface area contributed by atoms with Crippen LogP contribution in [0.15, 0.2) is 0 Å². The van der Waals surface area contributed by atoms with E-state index in [0.717, 1.165) is 39.1 Å². The van der Waals surface area contributed by atoms with E-state index in [9.17, 15) is 4.79 Å². The number of morpholine rings is 1. The lowest BCUT2D eigenvalue weighted by Gasteiger charge is -2.28. The molecule has 0 saturated carbocycles. The van der Waals surface area contributed by atoms with Crippen molar-refractivity contribution >= 4 is 5.91 Å². The molecule has 1 heterocycles. The fourth-order valence-electron chi connectivity index (χ4n) is 2.22. The van der Waals surface area contributed by atoms with E-state index in [1.807, 2.05) is 11.9 Å². The molecular formula is C13H27N3O2. The summed E-state index contributed by atoms with van der Waals surface area (Å²) < 4.78 is 5.61. The zero-order chi connectivity index (χ0) is 13.4. The summed E-state index contributed by atoms with van der Waals surface area (Å²) in [6.07, 6.45) is 2.33. The monoisotopic (exact) mass is 257 g/mol. The van der Waals surface area contributed by atoms with E-state index < -0.39 is 0 Å². The molecule has 0 bridgehead atoms. The summed E-state index contributed by atoms with van der Waals surface area (Å²) >= 11 is 0. The number of carbonyl (C=O) groups excluding carboxylic acids is 1. The van der Waals surface area contributed by atoms with Crippen LogP contribution in [-0.2, 0) is 9.53 Å². The van der Waals surface area contributed by atoms with Gasteiger partial charge in [0.25, 0.3) is 0 Å². The molecule has 0 aromatic rings. The van der Waals surface area contributed by atoms with E-state index in [2.05, 4.69) is 24.5 Å². The van der Waals surface area contributed by atoms with Crippen molar-refractivity contribution in [1.82, 2.24) is 15.5 Å². The van der Waals surface area contributed by atoms with Crippen LogP contribution in [0.2, 0.25) is 0 Å². The van der Waals surface area contributed by atoms with Gasteiger partial charge in [-0.15, -0.1) is 0 Å². The van der Waals surface area contributed by atoms with Crippen LogP contribution >= 0.6 is 0 Å². The average Bonchev–Trinajstić information content (AvgIpc) is 2.29. The van der Waals surface area contributed by atoms with Crippen LogP contribution in [0.4, 0.5) is 0 Å². The Morgan fingerprint density at radius 2 is 2.39 bits per heavy atom. The predicted molar refractivity (Wildman–Crippen MR) is 72.6 cm³/mol. The maximum absolute atomic E-state index is 11.8. The molecule has 106 valence electrons. The normalized spacial score (nSPS) is 21.9. The molecular weight excluding hydrogens is 230 g/mol. The van der Waals surface area contributed by atoms with Gasteiger partial charge in [-0.3, -0.25) is 9.69 Å². The zero-order valence-corrected chi connectivity index (χ0v) is 11.9. The van der Waals surface area contributed by atoms with Gasteiger partial charge in [-0.05, 0) is 20.4 Å². The average molecular weight is 257 g/mol. The second-order valence-electron chi connectivity index (χ2n) is 5.15. The number of ether oxygens (including phenoxy) is 1. The highest BCUT2D eigenvalue weighted by Crippen LogP contribution is 1.99. The fraction of sp³-hybridized carbons (Fsp3) is 0.923. The molecule has 1 aliphatic rings. The number of nitrogens with one attached hydrogen (secondary N) is 2. The lowest BCUT2D eigenvalue weighted by molar-refractivity contribution is -0.123. The van der Waals surface area contributed by atoms with Crippen molar-refractivity contribution in [2.45, 2.75) is 38.8 Å². The Morgan fingerprint density at radius 1 is 1.61 bits per heavy atom. The molecule has 1 fully saturated rings. The van der Waals surface area contributed by atoms with Gasteiger partial charge in [0, 0.05) is 25.7 Å². The second-order valence-corrected chi connectivity index (χ2v) is 5.15.